The molecule has 1 heterocycles. The van der Waals surface area contributed by atoms with Crippen molar-refractivity contribution in [1.82, 2.24) is 9.88 Å². The van der Waals surface area contributed by atoms with Crippen LogP contribution in [0.2, 0.25) is 0 Å². The zero-order chi connectivity index (χ0) is 11.7. The van der Waals surface area contributed by atoms with Gasteiger partial charge in [-0.15, -0.1) is 0 Å². The van der Waals surface area contributed by atoms with Crippen molar-refractivity contribution in [3.05, 3.63) is 24.0 Å². The second-order valence-corrected chi connectivity index (χ2v) is 5.39. The van der Waals surface area contributed by atoms with E-state index in [9.17, 15) is 0 Å². The number of rotatable bonds is 6. The molecule has 0 amide bonds. The topological polar surface area (TPSA) is 28.2 Å². The Hall–Kier alpha value is -1.09. The van der Waals surface area contributed by atoms with Gasteiger partial charge in [0.2, 0.25) is 0 Å². The van der Waals surface area contributed by atoms with Crippen LogP contribution in [-0.2, 0) is 6.54 Å². The zero-order valence-corrected chi connectivity index (χ0v) is 10.5. The minimum atomic E-state index is 0.843. The van der Waals surface area contributed by atoms with Gasteiger partial charge >= 0.3 is 0 Å². The van der Waals surface area contributed by atoms with E-state index < -0.39 is 0 Å². The molecule has 3 rings (SSSR count). The SMILES string of the molecule is CNc1ccnc(CN(CC2CC2)C2CC2)c1. The summed E-state index contributed by atoms with van der Waals surface area (Å²) in [4.78, 5) is 7.12. The van der Waals surface area contributed by atoms with Crippen LogP contribution in [0.1, 0.15) is 31.4 Å². The summed E-state index contributed by atoms with van der Waals surface area (Å²) in [6.07, 6.45) is 7.56. The molecule has 2 saturated carbocycles. The van der Waals surface area contributed by atoms with Crippen LogP contribution in [0.5, 0.6) is 0 Å². The first kappa shape index (κ1) is 11.0. The van der Waals surface area contributed by atoms with E-state index in [4.69, 9.17) is 0 Å². The molecule has 3 heteroatoms. The molecule has 2 aliphatic carbocycles. The number of hydrogen-bond donors (Lipinski definition) is 1. The van der Waals surface area contributed by atoms with E-state index in [1.165, 1.54) is 37.9 Å². The fourth-order valence-corrected chi connectivity index (χ4v) is 2.34. The molecule has 1 aromatic rings. The van der Waals surface area contributed by atoms with Crippen molar-refractivity contribution in [1.29, 1.82) is 0 Å². The molecule has 0 bridgehead atoms. The minimum absolute atomic E-state index is 0.843. The summed E-state index contributed by atoms with van der Waals surface area (Å²) in [5.74, 6) is 0.975. The lowest BCUT2D eigenvalue weighted by atomic mass is 10.2. The molecule has 3 nitrogen and oxygen atoms in total. The highest BCUT2D eigenvalue weighted by Crippen LogP contribution is 2.35. The summed E-state index contributed by atoms with van der Waals surface area (Å²) < 4.78 is 0. The van der Waals surface area contributed by atoms with E-state index in [1.807, 2.05) is 19.3 Å². The molecule has 0 aromatic carbocycles. The van der Waals surface area contributed by atoms with Gasteiger partial charge < -0.3 is 5.32 Å². The van der Waals surface area contributed by atoms with E-state index in [0.717, 1.165) is 24.2 Å². The fourth-order valence-electron chi connectivity index (χ4n) is 2.34. The monoisotopic (exact) mass is 231 g/mol. The molecule has 2 fully saturated rings. The highest BCUT2D eigenvalue weighted by atomic mass is 15.2. The lowest BCUT2D eigenvalue weighted by Crippen LogP contribution is -2.28. The van der Waals surface area contributed by atoms with Gasteiger partial charge in [-0.3, -0.25) is 9.88 Å². The van der Waals surface area contributed by atoms with Gasteiger partial charge in [0.15, 0.2) is 0 Å². The summed E-state index contributed by atoms with van der Waals surface area (Å²) in [6, 6.07) is 5.03. The number of pyridine rings is 1. The molecule has 2 aliphatic rings. The summed E-state index contributed by atoms with van der Waals surface area (Å²) in [5, 5.41) is 3.18. The average molecular weight is 231 g/mol. The number of hydrogen-bond acceptors (Lipinski definition) is 3. The maximum Gasteiger partial charge on any atom is 0.0564 e. The summed E-state index contributed by atoms with van der Waals surface area (Å²) in [7, 11) is 1.96. The Morgan fingerprint density at radius 2 is 2.18 bits per heavy atom. The third-order valence-corrected chi connectivity index (χ3v) is 3.72. The van der Waals surface area contributed by atoms with Gasteiger partial charge in [0.25, 0.3) is 0 Å². The smallest absolute Gasteiger partial charge is 0.0564 e. The Morgan fingerprint density at radius 3 is 2.82 bits per heavy atom. The van der Waals surface area contributed by atoms with Gasteiger partial charge in [0.1, 0.15) is 0 Å². The van der Waals surface area contributed by atoms with Crippen molar-refractivity contribution in [3.63, 3.8) is 0 Å². The molecule has 0 spiro atoms. The molecule has 0 radical (unpaired) electrons. The molecule has 92 valence electrons. The van der Waals surface area contributed by atoms with Crippen molar-refractivity contribution in [2.75, 3.05) is 18.9 Å². The Balaban J connectivity index is 1.65. The van der Waals surface area contributed by atoms with E-state index >= 15 is 0 Å². The van der Waals surface area contributed by atoms with Crippen LogP contribution in [-0.4, -0.2) is 29.5 Å². The third kappa shape index (κ3) is 2.97. The summed E-state index contributed by atoms with van der Waals surface area (Å²) in [5.41, 5.74) is 2.36. The molecule has 17 heavy (non-hydrogen) atoms. The predicted octanol–water partition coefficient (Wildman–Crippen LogP) is 2.50. The normalized spacial score (nSPS) is 19.6. The van der Waals surface area contributed by atoms with Gasteiger partial charge in [-0.1, -0.05) is 0 Å². The molecule has 1 N–H and O–H groups in total. The number of nitrogens with zero attached hydrogens (tertiary/aromatic N) is 2. The largest absolute Gasteiger partial charge is 0.388 e. The van der Waals surface area contributed by atoms with Gasteiger partial charge in [0, 0.05) is 38.1 Å². The number of aromatic nitrogens is 1. The molecular formula is C14H21N3. The lowest BCUT2D eigenvalue weighted by Gasteiger charge is -2.21. The first-order valence-corrected chi connectivity index (χ1v) is 6.72. The maximum atomic E-state index is 4.48. The maximum absolute atomic E-state index is 4.48. The van der Waals surface area contributed by atoms with Crippen molar-refractivity contribution in [3.8, 4) is 0 Å². The van der Waals surface area contributed by atoms with Crippen LogP contribution in [0.3, 0.4) is 0 Å². The van der Waals surface area contributed by atoms with Gasteiger partial charge in [-0.05, 0) is 43.7 Å². The van der Waals surface area contributed by atoms with Crippen LogP contribution >= 0.6 is 0 Å². The van der Waals surface area contributed by atoms with Crippen LogP contribution in [0.25, 0.3) is 0 Å². The lowest BCUT2D eigenvalue weighted by molar-refractivity contribution is 0.241. The Labute approximate surface area is 103 Å². The van der Waals surface area contributed by atoms with Crippen LogP contribution in [0.15, 0.2) is 18.3 Å². The van der Waals surface area contributed by atoms with Crippen molar-refractivity contribution < 1.29 is 0 Å². The highest BCUT2D eigenvalue weighted by Gasteiger charge is 2.33. The third-order valence-electron chi connectivity index (χ3n) is 3.72. The van der Waals surface area contributed by atoms with E-state index in [1.54, 1.807) is 0 Å². The van der Waals surface area contributed by atoms with Crippen LogP contribution in [0.4, 0.5) is 5.69 Å². The molecule has 0 saturated heterocycles. The summed E-state index contributed by atoms with van der Waals surface area (Å²) >= 11 is 0. The van der Waals surface area contributed by atoms with Gasteiger partial charge in [-0.25, -0.2) is 0 Å². The molecule has 0 aliphatic heterocycles. The Kier molecular flexibility index (Phi) is 3.02. The zero-order valence-electron chi connectivity index (χ0n) is 10.5. The quantitative estimate of drug-likeness (QED) is 0.815. The fraction of sp³-hybridized carbons (Fsp3) is 0.643. The average Bonchev–Trinajstić information content (AvgIpc) is 3.21. The second-order valence-electron chi connectivity index (χ2n) is 5.39. The molecular weight excluding hydrogens is 210 g/mol. The van der Waals surface area contributed by atoms with E-state index in [-0.39, 0.29) is 0 Å². The first-order valence-electron chi connectivity index (χ1n) is 6.72. The van der Waals surface area contributed by atoms with E-state index in [2.05, 4.69) is 21.3 Å². The first-order chi connectivity index (χ1) is 8.35. The number of anilines is 1. The molecule has 0 unspecified atom stereocenters. The number of nitrogens with one attached hydrogen (secondary N) is 1. The Bertz CT molecular complexity index is 383. The van der Waals surface area contributed by atoms with Gasteiger partial charge in [-0.2, -0.15) is 0 Å². The van der Waals surface area contributed by atoms with Crippen molar-refractivity contribution in [2.24, 2.45) is 5.92 Å². The highest BCUT2D eigenvalue weighted by molar-refractivity contribution is 5.42. The second kappa shape index (κ2) is 4.65. The standard InChI is InChI=1S/C14H21N3/c1-15-12-6-7-16-13(8-12)10-17(14-4-5-14)9-11-2-3-11/h6-8,11,14H,2-5,9-10H2,1H3,(H,15,16). The van der Waals surface area contributed by atoms with Crippen LogP contribution in [0, 0.1) is 5.92 Å². The molecule has 0 atom stereocenters. The van der Waals surface area contributed by atoms with Crippen LogP contribution < -0.4 is 5.32 Å². The van der Waals surface area contributed by atoms with Crippen molar-refractivity contribution in [2.45, 2.75) is 38.3 Å². The molecule has 1 aromatic heterocycles. The van der Waals surface area contributed by atoms with E-state index in [0.29, 0.717) is 0 Å². The minimum Gasteiger partial charge on any atom is -0.388 e. The van der Waals surface area contributed by atoms with Crippen molar-refractivity contribution >= 4 is 5.69 Å². The summed E-state index contributed by atoms with van der Waals surface area (Å²) in [6.45, 7) is 2.31. The Morgan fingerprint density at radius 1 is 1.35 bits per heavy atom. The van der Waals surface area contributed by atoms with Gasteiger partial charge in [0.05, 0.1) is 5.69 Å². The predicted molar refractivity (Wildman–Crippen MR) is 69.9 cm³/mol.